The molecule has 0 spiro atoms. The number of amides is 2. The Balaban J connectivity index is 1.36. The number of benzene rings is 1. The van der Waals surface area contributed by atoms with Crippen molar-refractivity contribution >= 4 is 22.8 Å². The summed E-state index contributed by atoms with van der Waals surface area (Å²) in [6.45, 7) is 6.82. The van der Waals surface area contributed by atoms with E-state index in [9.17, 15) is 9.59 Å². The second-order valence-corrected chi connectivity index (χ2v) is 7.80. The molecule has 1 aromatic carbocycles. The third kappa shape index (κ3) is 3.58. The van der Waals surface area contributed by atoms with Crippen molar-refractivity contribution in [2.75, 3.05) is 26.2 Å². The third-order valence-electron chi connectivity index (χ3n) is 5.84. The summed E-state index contributed by atoms with van der Waals surface area (Å²) in [5.41, 5.74) is 1.35. The summed E-state index contributed by atoms with van der Waals surface area (Å²) in [6.07, 6.45) is 3.06. The van der Waals surface area contributed by atoms with E-state index in [1.54, 1.807) is 0 Å². The summed E-state index contributed by atoms with van der Waals surface area (Å²) in [5.74, 6) is 0.759. The van der Waals surface area contributed by atoms with Crippen LogP contribution in [0.3, 0.4) is 0 Å². The summed E-state index contributed by atoms with van der Waals surface area (Å²) < 4.78 is 5.70. The predicted molar refractivity (Wildman–Crippen MR) is 104 cm³/mol. The minimum absolute atomic E-state index is 0.0642. The number of para-hydroxylation sites is 1. The first-order valence-electron chi connectivity index (χ1n) is 9.83. The van der Waals surface area contributed by atoms with Gasteiger partial charge in [0.1, 0.15) is 11.3 Å². The van der Waals surface area contributed by atoms with Gasteiger partial charge in [-0.15, -0.1) is 0 Å². The van der Waals surface area contributed by atoms with Crippen LogP contribution < -0.4 is 5.32 Å². The van der Waals surface area contributed by atoms with Crippen LogP contribution in [0.2, 0.25) is 0 Å². The number of nitrogens with zero attached hydrogens (tertiary/aromatic N) is 2. The lowest BCUT2D eigenvalue weighted by Gasteiger charge is -2.24. The van der Waals surface area contributed by atoms with Crippen LogP contribution >= 0.6 is 0 Å². The number of furan rings is 1. The zero-order chi connectivity index (χ0) is 19.0. The Hall–Kier alpha value is -2.34. The number of rotatable bonds is 4. The Bertz CT molecular complexity index is 859. The summed E-state index contributed by atoms with van der Waals surface area (Å²) in [6, 6.07) is 8.03. The highest BCUT2D eigenvalue weighted by molar-refractivity contribution is 6.07. The van der Waals surface area contributed by atoms with Crippen LogP contribution in [0.25, 0.3) is 11.0 Å². The molecule has 0 unspecified atom stereocenters. The van der Waals surface area contributed by atoms with Crippen molar-refractivity contribution in [2.45, 2.75) is 45.2 Å². The Morgan fingerprint density at radius 2 is 2.04 bits per heavy atom. The van der Waals surface area contributed by atoms with Crippen LogP contribution in [-0.2, 0) is 4.79 Å². The first-order chi connectivity index (χ1) is 13.0. The molecule has 2 atom stereocenters. The molecule has 27 heavy (non-hydrogen) atoms. The van der Waals surface area contributed by atoms with Crippen LogP contribution in [-0.4, -0.2) is 59.9 Å². The molecule has 6 nitrogen and oxygen atoms in total. The van der Waals surface area contributed by atoms with Gasteiger partial charge in [0, 0.05) is 37.1 Å². The molecule has 1 aromatic heterocycles. The maximum atomic E-state index is 12.8. The number of hydrogen-bond acceptors (Lipinski definition) is 4. The van der Waals surface area contributed by atoms with Gasteiger partial charge in [-0.05, 0) is 39.2 Å². The van der Waals surface area contributed by atoms with Gasteiger partial charge in [-0.2, -0.15) is 0 Å². The van der Waals surface area contributed by atoms with Crippen LogP contribution in [0.15, 0.2) is 28.7 Å². The number of carbonyl (C=O) groups excluding carboxylic acids is 2. The van der Waals surface area contributed by atoms with Gasteiger partial charge >= 0.3 is 0 Å². The smallest absolute Gasteiger partial charge is 0.255 e. The van der Waals surface area contributed by atoms with E-state index in [1.165, 1.54) is 0 Å². The Labute approximate surface area is 159 Å². The Kier molecular flexibility index (Phi) is 4.91. The number of carbonyl (C=O) groups is 2. The fourth-order valence-electron chi connectivity index (χ4n) is 4.39. The molecule has 2 aliphatic heterocycles. The van der Waals surface area contributed by atoms with Crippen molar-refractivity contribution in [3.63, 3.8) is 0 Å². The lowest BCUT2D eigenvalue weighted by atomic mass is 10.1. The second-order valence-electron chi connectivity index (χ2n) is 7.80. The Morgan fingerprint density at radius 1 is 1.22 bits per heavy atom. The van der Waals surface area contributed by atoms with E-state index in [2.05, 4.69) is 17.1 Å². The normalized spacial score (nSPS) is 23.3. The molecule has 0 saturated carbocycles. The van der Waals surface area contributed by atoms with Gasteiger partial charge in [-0.1, -0.05) is 18.2 Å². The van der Waals surface area contributed by atoms with E-state index in [1.807, 2.05) is 36.1 Å². The molecular formula is C21H27N3O3. The van der Waals surface area contributed by atoms with Crippen LogP contribution in [0, 0.1) is 6.92 Å². The van der Waals surface area contributed by atoms with Gasteiger partial charge in [0.15, 0.2) is 0 Å². The largest absolute Gasteiger partial charge is 0.461 e. The summed E-state index contributed by atoms with van der Waals surface area (Å²) in [7, 11) is 0. The summed E-state index contributed by atoms with van der Waals surface area (Å²) in [4.78, 5) is 29.5. The van der Waals surface area contributed by atoms with Crippen molar-refractivity contribution in [3.05, 3.63) is 35.6 Å². The first-order valence-corrected chi connectivity index (χ1v) is 9.83. The van der Waals surface area contributed by atoms with Crippen LogP contribution in [0.1, 0.15) is 42.3 Å². The van der Waals surface area contributed by atoms with Crippen molar-refractivity contribution in [1.82, 2.24) is 15.1 Å². The number of likely N-dealkylation sites (tertiary alicyclic amines) is 2. The zero-order valence-electron chi connectivity index (χ0n) is 16.0. The quantitative estimate of drug-likeness (QED) is 0.900. The van der Waals surface area contributed by atoms with Gasteiger partial charge in [0.25, 0.3) is 5.91 Å². The van der Waals surface area contributed by atoms with Crippen LogP contribution in [0.5, 0.6) is 0 Å². The van der Waals surface area contributed by atoms with Crippen molar-refractivity contribution in [1.29, 1.82) is 0 Å². The summed E-state index contributed by atoms with van der Waals surface area (Å²) >= 11 is 0. The number of fused-ring (bicyclic) bond motifs is 1. The predicted octanol–water partition coefficient (Wildman–Crippen LogP) is 2.56. The molecule has 2 aliphatic rings. The fraction of sp³-hybridized carbons (Fsp3) is 0.524. The fourth-order valence-corrected chi connectivity index (χ4v) is 4.39. The van der Waals surface area contributed by atoms with Crippen LogP contribution in [0.4, 0.5) is 0 Å². The highest BCUT2D eigenvalue weighted by Crippen LogP contribution is 2.25. The van der Waals surface area contributed by atoms with E-state index in [0.29, 0.717) is 30.5 Å². The highest BCUT2D eigenvalue weighted by Gasteiger charge is 2.30. The lowest BCUT2D eigenvalue weighted by molar-refractivity contribution is -0.132. The third-order valence-corrected chi connectivity index (χ3v) is 5.84. The minimum atomic E-state index is -0.0937. The van der Waals surface area contributed by atoms with E-state index >= 15 is 0 Å². The lowest BCUT2D eigenvalue weighted by Crippen LogP contribution is -2.42. The maximum Gasteiger partial charge on any atom is 0.255 e. The topological polar surface area (TPSA) is 65.8 Å². The molecule has 2 aromatic rings. The van der Waals surface area contributed by atoms with Gasteiger partial charge in [0.05, 0.1) is 12.1 Å². The highest BCUT2D eigenvalue weighted by atomic mass is 16.3. The molecule has 2 fully saturated rings. The molecule has 0 radical (unpaired) electrons. The van der Waals surface area contributed by atoms with E-state index < -0.39 is 0 Å². The molecule has 0 bridgehead atoms. The molecule has 6 heteroatoms. The van der Waals surface area contributed by atoms with Gasteiger partial charge < -0.3 is 14.6 Å². The average Bonchev–Trinajstić information content (AvgIpc) is 3.32. The van der Waals surface area contributed by atoms with Crippen molar-refractivity contribution in [2.24, 2.45) is 0 Å². The zero-order valence-corrected chi connectivity index (χ0v) is 16.0. The SMILES string of the molecule is Cc1oc2ccccc2c1C(=O)N[C@H]1CCN(CC(=O)N2CCC[C@H]2C)C1. The van der Waals surface area contributed by atoms with Crippen molar-refractivity contribution in [3.8, 4) is 0 Å². The molecular weight excluding hydrogens is 342 g/mol. The summed E-state index contributed by atoms with van der Waals surface area (Å²) in [5, 5.41) is 3.98. The number of aryl methyl sites for hydroxylation is 1. The van der Waals surface area contributed by atoms with E-state index in [-0.39, 0.29) is 17.9 Å². The average molecular weight is 369 g/mol. The van der Waals surface area contributed by atoms with Gasteiger partial charge in [0.2, 0.25) is 5.91 Å². The molecule has 0 aliphatic carbocycles. The molecule has 3 heterocycles. The monoisotopic (exact) mass is 369 g/mol. The second kappa shape index (κ2) is 7.35. The minimum Gasteiger partial charge on any atom is -0.461 e. The maximum absolute atomic E-state index is 12.8. The molecule has 2 amide bonds. The molecule has 1 N–H and O–H groups in total. The molecule has 2 saturated heterocycles. The van der Waals surface area contributed by atoms with Gasteiger partial charge in [-0.3, -0.25) is 14.5 Å². The number of nitrogens with one attached hydrogen (secondary N) is 1. The molecule has 144 valence electrons. The van der Waals surface area contributed by atoms with E-state index in [0.717, 1.165) is 43.3 Å². The van der Waals surface area contributed by atoms with Gasteiger partial charge in [-0.25, -0.2) is 0 Å². The number of hydrogen-bond donors (Lipinski definition) is 1. The molecule has 4 rings (SSSR count). The Morgan fingerprint density at radius 3 is 2.81 bits per heavy atom. The standard InChI is InChI=1S/C21H27N3O3/c1-14-6-5-10-24(14)19(25)13-23-11-9-16(12-23)22-21(26)20-15(2)27-18-8-4-3-7-17(18)20/h3-4,7-8,14,16H,5-6,9-13H2,1-2H3,(H,22,26)/t14-,16+/m1/s1. The first kappa shape index (κ1) is 18.0. The van der Waals surface area contributed by atoms with Crippen molar-refractivity contribution < 1.29 is 14.0 Å². The van der Waals surface area contributed by atoms with E-state index in [4.69, 9.17) is 4.42 Å².